The fraction of sp³-hybridized carbons (Fsp3) is 0.294. The first-order valence-electron chi connectivity index (χ1n) is 8.00. The van der Waals surface area contributed by atoms with Crippen molar-refractivity contribution in [2.45, 2.75) is 23.6 Å². The summed E-state index contributed by atoms with van der Waals surface area (Å²) in [6.07, 6.45) is 0.944. The van der Waals surface area contributed by atoms with E-state index in [2.05, 4.69) is 4.72 Å². The van der Waals surface area contributed by atoms with Crippen LogP contribution >= 0.6 is 0 Å². The Morgan fingerprint density at radius 3 is 2.07 bits per heavy atom. The van der Waals surface area contributed by atoms with E-state index >= 15 is 0 Å². The second-order valence-corrected chi connectivity index (χ2v) is 9.19. The average Bonchev–Trinajstić information content (AvgIpc) is 2.57. The number of hydrogen-bond acceptors (Lipinski definition) is 6. The number of benzene rings is 2. The number of halogens is 1. The monoisotopic (exact) mass is 417 g/mol. The highest BCUT2D eigenvalue weighted by atomic mass is 32.2. The standard InChI is InChI=1S/C17H20FNO6S2/c1-4-24-16-9-7-13(11-17(16)25-5-2)27(22,23)19-15-10-12(26(3,20)21)6-8-14(15)18/h6-11,19H,4-5H2,1-3H3. The molecule has 0 aliphatic carbocycles. The lowest BCUT2D eigenvalue weighted by molar-refractivity contribution is 0.287. The van der Waals surface area contributed by atoms with Crippen LogP contribution in [0.1, 0.15) is 13.8 Å². The molecule has 0 aliphatic rings. The molecule has 7 nitrogen and oxygen atoms in total. The first kappa shape index (κ1) is 21.0. The van der Waals surface area contributed by atoms with E-state index in [1.54, 1.807) is 13.8 Å². The molecule has 2 aromatic carbocycles. The van der Waals surface area contributed by atoms with Gasteiger partial charge in [-0.2, -0.15) is 0 Å². The van der Waals surface area contributed by atoms with Crippen molar-refractivity contribution in [2.75, 3.05) is 24.2 Å². The van der Waals surface area contributed by atoms with Gasteiger partial charge in [0, 0.05) is 12.3 Å². The van der Waals surface area contributed by atoms with Gasteiger partial charge in [0.1, 0.15) is 5.82 Å². The van der Waals surface area contributed by atoms with Crippen LogP contribution in [-0.4, -0.2) is 36.3 Å². The highest BCUT2D eigenvalue weighted by molar-refractivity contribution is 7.92. The van der Waals surface area contributed by atoms with Gasteiger partial charge in [-0.25, -0.2) is 21.2 Å². The fourth-order valence-electron chi connectivity index (χ4n) is 2.22. The van der Waals surface area contributed by atoms with Crippen LogP contribution in [-0.2, 0) is 19.9 Å². The number of sulfonamides is 1. The van der Waals surface area contributed by atoms with Crippen molar-refractivity contribution in [3.8, 4) is 11.5 Å². The number of nitrogens with one attached hydrogen (secondary N) is 1. The van der Waals surface area contributed by atoms with E-state index in [4.69, 9.17) is 9.47 Å². The average molecular weight is 417 g/mol. The Morgan fingerprint density at radius 2 is 1.48 bits per heavy atom. The van der Waals surface area contributed by atoms with Crippen LogP contribution in [0.4, 0.5) is 10.1 Å². The van der Waals surface area contributed by atoms with Crippen LogP contribution in [0.15, 0.2) is 46.2 Å². The molecule has 2 rings (SSSR count). The molecule has 0 bridgehead atoms. The molecule has 27 heavy (non-hydrogen) atoms. The maximum absolute atomic E-state index is 14.0. The van der Waals surface area contributed by atoms with Crippen molar-refractivity contribution in [1.82, 2.24) is 0 Å². The Labute approximate surface area is 158 Å². The van der Waals surface area contributed by atoms with Crippen LogP contribution in [0.25, 0.3) is 0 Å². The molecule has 0 aromatic heterocycles. The van der Waals surface area contributed by atoms with Gasteiger partial charge in [0.2, 0.25) is 0 Å². The van der Waals surface area contributed by atoms with Crippen molar-refractivity contribution < 1.29 is 30.7 Å². The Morgan fingerprint density at radius 1 is 0.889 bits per heavy atom. The normalized spacial score (nSPS) is 11.9. The zero-order valence-corrected chi connectivity index (χ0v) is 16.7. The van der Waals surface area contributed by atoms with E-state index in [-0.39, 0.29) is 15.5 Å². The van der Waals surface area contributed by atoms with E-state index in [1.165, 1.54) is 18.2 Å². The van der Waals surface area contributed by atoms with Crippen molar-refractivity contribution >= 4 is 25.5 Å². The van der Waals surface area contributed by atoms with Gasteiger partial charge in [0.15, 0.2) is 21.3 Å². The summed E-state index contributed by atoms with van der Waals surface area (Å²) in [6.45, 7) is 4.18. The summed E-state index contributed by atoms with van der Waals surface area (Å²) in [5, 5.41) is 0. The Bertz CT molecular complexity index is 1040. The van der Waals surface area contributed by atoms with Crippen molar-refractivity contribution in [1.29, 1.82) is 0 Å². The molecule has 2 aromatic rings. The Balaban J connectivity index is 2.44. The zero-order chi connectivity index (χ0) is 20.2. The molecular formula is C17H20FNO6S2. The summed E-state index contributed by atoms with van der Waals surface area (Å²) in [5.41, 5.74) is -0.468. The van der Waals surface area contributed by atoms with Gasteiger partial charge in [-0.3, -0.25) is 4.72 Å². The molecule has 0 aliphatic heterocycles. The van der Waals surface area contributed by atoms with Gasteiger partial charge in [-0.15, -0.1) is 0 Å². The lowest BCUT2D eigenvalue weighted by atomic mass is 10.3. The smallest absolute Gasteiger partial charge is 0.262 e. The minimum Gasteiger partial charge on any atom is -0.490 e. The number of rotatable bonds is 8. The van der Waals surface area contributed by atoms with Crippen LogP contribution in [0.5, 0.6) is 11.5 Å². The molecule has 0 radical (unpaired) electrons. The number of sulfone groups is 1. The molecule has 0 unspecified atom stereocenters. The molecule has 0 saturated carbocycles. The lowest BCUT2D eigenvalue weighted by Gasteiger charge is -2.14. The second-order valence-electron chi connectivity index (χ2n) is 5.49. The van der Waals surface area contributed by atoms with E-state index in [0.717, 1.165) is 24.5 Å². The minimum atomic E-state index is -4.19. The quantitative estimate of drug-likeness (QED) is 0.663. The summed E-state index contributed by atoms with van der Waals surface area (Å²) >= 11 is 0. The van der Waals surface area contributed by atoms with Crippen LogP contribution in [0.2, 0.25) is 0 Å². The van der Waals surface area contributed by atoms with Gasteiger partial charge in [-0.1, -0.05) is 0 Å². The van der Waals surface area contributed by atoms with E-state index < -0.39 is 31.4 Å². The third-order valence-electron chi connectivity index (χ3n) is 3.44. The third kappa shape index (κ3) is 5.10. The fourth-order valence-corrected chi connectivity index (χ4v) is 3.94. The topological polar surface area (TPSA) is 98.8 Å². The predicted molar refractivity (Wildman–Crippen MR) is 99.1 cm³/mol. The summed E-state index contributed by atoms with van der Waals surface area (Å²) in [5.74, 6) is -0.293. The molecule has 10 heteroatoms. The SMILES string of the molecule is CCOc1ccc(S(=O)(=O)Nc2cc(S(C)(=O)=O)ccc2F)cc1OCC. The van der Waals surface area contributed by atoms with Gasteiger partial charge in [0.25, 0.3) is 10.0 Å². The Hall–Kier alpha value is -2.33. The van der Waals surface area contributed by atoms with Crippen molar-refractivity contribution in [3.63, 3.8) is 0 Å². The van der Waals surface area contributed by atoms with Crippen LogP contribution in [0.3, 0.4) is 0 Å². The summed E-state index contributed by atoms with van der Waals surface area (Å²) in [7, 11) is -7.82. The molecule has 0 fully saturated rings. The number of hydrogen-bond donors (Lipinski definition) is 1. The highest BCUT2D eigenvalue weighted by Crippen LogP contribution is 2.31. The van der Waals surface area contributed by atoms with Gasteiger partial charge >= 0.3 is 0 Å². The molecule has 1 N–H and O–H groups in total. The van der Waals surface area contributed by atoms with Crippen LogP contribution < -0.4 is 14.2 Å². The van der Waals surface area contributed by atoms with E-state index in [0.29, 0.717) is 19.0 Å². The summed E-state index contributed by atoms with van der Waals surface area (Å²) in [4.78, 5) is -0.387. The maximum Gasteiger partial charge on any atom is 0.262 e. The van der Waals surface area contributed by atoms with E-state index in [1.807, 2.05) is 0 Å². The highest BCUT2D eigenvalue weighted by Gasteiger charge is 2.20. The predicted octanol–water partition coefficient (Wildman–Crippen LogP) is 2.83. The minimum absolute atomic E-state index is 0.182. The molecular weight excluding hydrogens is 397 g/mol. The largest absolute Gasteiger partial charge is 0.490 e. The lowest BCUT2D eigenvalue weighted by Crippen LogP contribution is -2.15. The number of anilines is 1. The molecule has 0 heterocycles. The van der Waals surface area contributed by atoms with Crippen molar-refractivity contribution in [2.24, 2.45) is 0 Å². The zero-order valence-electron chi connectivity index (χ0n) is 15.0. The van der Waals surface area contributed by atoms with Gasteiger partial charge < -0.3 is 9.47 Å². The summed E-state index contributed by atoms with van der Waals surface area (Å²) in [6, 6.07) is 6.86. The first-order chi connectivity index (χ1) is 12.6. The van der Waals surface area contributed by atoms with Gasteiger partial charge in [0.05, 0.1) is 28.7 Å². The van der Waals surface area contributed by atoms with Gasteiger partial charge in [-0.05, 0) is 44.2 Å². The molecule has 0 saturated heterocycles. The molecule has 0 atom stereocenters. The Kier molecular flexibility index (Phi) is 6.32. The molecule has 0 amide bonds. The van der Waals surface area contributed by atoms with E-state index in [9.17, 15) is 21.2 Å². The first-order valence-corrected chi connectivity index (χ1v) is 11.4. The van der Waals surface area contributed by atoms with Crippen LogP contribution in [0, 0.1) is 5.82 Å². The molecule has 0 spiro atoms. The molecule has 148 valence electrons. The maximum atomic E-state index is 14.0. The number of ether oxygens (including phenoxy) is 2. The third-order valence-corrected chi connectivity index (χ3v) is 5.91. The second kappa shape index (κ2) is 8.13. The summed E-state index contributed by atoms with van der Waals surface area (Å²) < 4.78 is 75.3. The van der Waals surface area contributed by atoms with Crippen molar-refractivity contribution in [3.05, 3.63) is 42.2 Å².